The molecule has 0 radical (unpaired) electrons. The van der Waals surface area contributed by atoms with E-state index in [0.29, 0.717) is 17.9 Å². The van der Waals surface area contributed by atoms with Gasteiger partial charge in [-0.3, -0.25) is 9.59 Å². The molecular weight excluding hydrogens is 474 g/mol. The Labute approximate surface area is 205 Å². The van der Waals surface area contributed by atoms with Gasteiger partial charge in [0, 0.05) is 24.6 Å². The summed E-state index contributed by atoms with van der Waals surface area (Å²) >= 11 is 0. The molecule has 1 aromatic heterocycles. The molecule has 2 aromatic carbocycles. The molecule has 0 aliphatic heterocycles. The monoisotopic (exact) mass is 499 g/mol. The maximum absolute atomic E-state index is 12.3. The topological polar surface area (TPSA) is 151 Å². The zero-order chi connectivity index (χ0) is 26.2. The molecule has 0 fully saturated rings. The first-order valence-corrected chi connectivity index (χ1v) is 11.0. The highest BCUT2D eigenvalue weighted by Crippen LogP contribution is 2.30. The molecule has 3 aromatic rings. The number of phenolic OH excluding ortho intramolecular Hbond substituents is 1. The highest BCUT2D eigenvalue weighted by atomic mass is 16.5. The van der Waals surface area contributed by atoms with Crippen molar-refractivity contribution < 1.29 is 42.9 Å². The van der Waals surface area contributed by atoms with Crippen LogP contribution in [0.1, 0.15) is 30.0 Å². The molecule has 0 aliphatic carbocycles. The van der Waals surface area contributed by atoms with Gasteiger partial charge in [-0.15, -0.1) is 0 Å². The highest BCUT2D eigenvalue weighted by molar-refractivity contribution is 6.37. The predicted molar refractivity (Wildman–Crippen MR) is 128 cm³/mol. The number of carbonyl (C=O) groups excluding carboxylic acids is 3. The van der Waals surface area contributed by atoms with Gasteiger partial charge in [-0.1, -0.05) is 6.07 Å². The van der Waals surface area contributed by atoms with E-state index in [2.05, 4.69) is 10.1 Å². The van der Waals surface area contributed by atoms with Crippen molar-refractivity contribution in [3.05, 3.63) is 57.9 Å². The van der Waals surface area contributed by atoms with Crippen LogP contribution in [0.25, 0.3) is 11.0 Å². The van der Waals surface area contributed by atoms with Gasteiger partial charge in [-0.2, -0.15) is 0 Å². The third-order valence-electron chi connectivity index (χ3n) is 4.89. The van der Waals surface area contributed by atoms with Gasteiger partial charge in [0.25, 0.3) is 0 Å². The van der Waals surface area contributed by atoms with Crippen molar-refractivity contribution in [1.82, 2.24) is 0 Å². The lowest BCUT2D eigenvalue weighted by Crippen LogP contribution is -2.25. The van der Waals surface area contributed by atoms with Gasteiger partial charge in [0.2, 0.25) is 5.76 Å². The summed E-state index contributed by atoms with van der Waals surface area (Å²) in [5.74, 6) is -2.79. The molecule has 0 aliphatic rings. The molecule has 0 saturated heterocycles. The summed E-state index contributed by atoms with van der Waals surface area (Å²) in [6.45, 7) is 3.58. The fraction of sp³-hybridized carbons (Fsp3) is 0.280. The number of nitrogens with one attached hydrogen (secondary N) is 1. The van der Waals surface area contributed by atoms with Gasteiger partial charge in [0.15, 0.2) is 5.43 Å². The van der Waals surface area contributed by atoms with E-state index in [1.165, 1.54) is 19.2 Å². The van der Waals surface area contributed by atoms with Crippen LogP contribution in [0.3, 0.4) is 0 Å². The average Bonchev–Trinajstić information content (AvgIpc) is 2.84. The summed E-state index contributed by atoms with van der Waals surface area (Å²) in [7, 11) is 1.42. The van der Waals surface area contributed by atoms with Crippen LogP contribution in [0.2, 0.25) is 0 Å². The lowest BCUT2D eigenvalue weighted by molar-refractivity contribution is -0.152. The van der Waals surface area contributed by atoms with Crippen molar-refractivity contribution in [1.29, 1.82) is 0 Å². The van der Waals surface area contributed by atoms with E-state index in [-0.39, 0.29) is 48.0 Å². The number of amides is 1. The van der Waals surface area contributed by atoms with E-state index >= 15 is 0 Å². The Hall–Kier alpha value is -4.54. The van der Waals surface area contributed by atoms with Crippen LogP contribution in [0, 0.1) is 0 Å². The van der Waals surface area contributed by atoms with Crippen molar-refractivity contribution in [3.63, 3.8) is 0 Å². The van der Waals surface area contributed by atoms with Crippen molar-refractivity contribution in [3.8, 4) is 17.2 Å². The third kappa shape index (κ3) is 6.12. The van der Waals surface area contributed by atoms with E-state index in [1.807, 2.05) is 0 Å². The highest BCUT2D eigenvalue weighted by Gasteiger charge is 2.18. The van der Waals surface area contributed by atoms with Crippen LogP contribution in [0.15, 0.2) is 45.6 Å². The first-order chi connectivity index (χ1) is 17.3. The Bertz CT molecular complexity index is 1340. The molecule has 2 N–H and O–H groups in total. The number of phenols is 1. The van der Waals surface area contributed by atoms with Crippen LogP contribution in [0.5, 0.6) is 17.2 Å². The minimum absolute atomic E-state index is 0.0242. The second-order valence-electron chi connectivity index (χ2n) is 7.32. The summed E-state index contributed by atoms with van der Waals surface area (Å²) < 4.78 is 26.0. The second kappa shape index (κ2) is 11.7. The van der Waals surface area contributed by atoms with Crippen molar-refractivity contribution in [2.75, 3.05) is 32.2 Å². The minimum Gasteiger partial charge on any atom is -0.507 e. The fourth-order valence-corrected chi connectivity index (χ4v) is 3.28. The molecule has 1 heterocycles. The molecule has 11 heteroatoms. The quantitative estimate of drug-likeness (QED) is 0.332. The van der Waals surface area contributed by atoms with Gasteiger partial charge in [-0.05, 0) is 31.5 Å². The Kier molecular flexibility index (Phi) is 8.50. The number of benzene rings is 2. The van der Waals surface area contributed by atoms with E-state index in [0.717, 1.165) is 11.6 Å². The van der Waals surface area contributed by atoms with Crippen LogP contribution < -0.4 is 20.2 Å². The molecule has 11 nitrogen and oxygen atoms in total. The summed E-state index contributed by atoms with van der Waals surface area (Å²) in [5, 5.41) is 12.6. The number of fused-ring (bicyclic) bond motifs is 1. The number of aromatic hydroxyl groups is 1. The Morgan fingerprint density at radius 3 is 2.47 bits per heavy atom. The maximum Gasteiger partial charge on any atom is 0.397 e. The molecule has 0 bridgehead atoms. The molecule has 1 amide bonds. The molecule has 0 spiro atoms. The minimum atomic E-state index is -0.999. The summed E-state index contributed by atoms with van der Waals surface area (Å²) in [4.78, 5) is 47.7. The van der Waals surface area contributed by atoms with Gasteiger partial charge < -0.3 is 33.8 Å². The molecule has 36 heavy (non-hydrogen) atoms. The Morgan fingerprint density at radius 1 is 1.03 bits per heavy atom. The van der Waals surface area contributed by atoms with Crippen molar-refractivity contribution in [2.45, 2.75) is 20.3 Å². The van der Waals surface area contributed by atoms with Crippen LogP contribution in [0.4, 0.5) is 5.69 Å². The number of hydrogen-bond donors (Lipinski definition) is 2. The van der Waals surface area contributed by atoms with E-state index in [1.54, 1.807) is 32.0 Å². The van der Waals surface area contributed by atoms with E-state index < -0.39 is 23.3 Å². The maximum atomic E-state index is 12.3. The normalized spacial score (nSPS) is 10.5. The molecule has 190 valence electrons. The molecule has 0 atom stereocenters. The number of methoxy groups -OCH3 is 1. The Balaban J connectivity index is 1.72. The lowest BCUT2D eigenvalue weighted by Gasteiger charge is -2.12. The smallest absolute Gasteiger partial charge is 0.397 e. The van der Waals surface area contributed by atoms with E-state index in [9.17, 15) is 24.3 Å². The molecule has 0 saturated carbocycles. The van der Waals surface area contributed by atoms with Crippen LogP contribution in [-0.2, 0) is 25.5 Å². The number of hydrogen-bond acceptors (Lipinski definition) is 10. The zero-order valence-corrected chi connectivity index (χ0v) is 19.9. The fourth-order valence-electron chi connectivity index (χ4n) is 3.28. The average molecular weight is 499 g/mol. The number of rotatable bonds is 9. The third-order valence-corrected chi connectivity index (χ3v) is 4.89. The summed E-state index contributed by atoms with van der Waals surface area (Å²) in [5.41, 5.74) is 0.476. The first-order valence-electron chi connectivity index (χ1n) is 11.0. The summed E-state index contributed by atoms with van der Waals surface area (Å²) in [6, 6.07) is 8.61. The first kappa shape index (κ1) is 26.1. The number of ether oxygens (including phenoxy) is 4. The SMILES string of the molecule is CCOC(=O)C(=O)Nc1ccc(CCOc2cc(O)c3c(=O)cc(C(=O)OCC)oc3c2)cc1OC. The van der Waals surface area contributed by atoms with Crippen molar-refractivity contribution >= 4 is 34.5 Å². The summed E-state index contributed by atoms with van der Waals surface area (Å²) in [6.07, 6.45) is 0.411. The van der Waals surface area contributed by atoms with Gasteiger partial charge in [0.1, 0.15) is 28.2 Å². The van der Waals surface area contributed by atoms with E-state index in [4.69, 9.17) is 18.6 Å². The van der Waals surface area contributed by atoms with Gasteiger partial charge >= 0.3 is 17.8 Å². The molecule has 0 unspecified atom stereocenters. The number of esters is 2. The Morgan fingerprint density at radius 2 is 1.78 bits per heavy atom. The van der Waals surface area contributed by atoms with Gasteiger partial charge in [0.05, 0.1) is 32.6 Å². The molecule has 3 rings (SSSR count). The largest absolute Gasteiger partial charge is 0.507 e. The van der Waals surface area contributed by atoms with Crippen LogP contribution >= 0.6 is 0 Å². The van der Waals surface area contributed by atoms with Crippen LogP contribution in [-0.4, -0.2) is 49.9 Å². The zero-order valence-electron chi connectivity index (χ0n) is 19.9. The van der Waals surface area contributed by atoms with Gasteiger partial charge in [-0.25, -0.2) is 9.59 Å². The second-order valence-corrected chi connectivity index (χ2v) is 7.32. The van der Waals surface area contributed by atoms with Crippen molar-refractivity contribution in [2.24, 2.45) is 0 Å². The molecular formula is C25H25NO10. The standard InChI is InChI=1S/C25H25NO10/c1-4-33-24(30)21-13-18(28)22-17(27)11-15(12-20(22)36-21)35-9-8-14-6-7-16(19(10-14)32-3)26-23(29)25(31)34-5-2/h6-7,10-13,27H,4-5,8-9H2,1-3H3,(H,26,29). The number of carbonyl (C=O) groups is 3. The predicted octanol–water partition coefficient (Wildman–Crippen LogP) is 2.81. The number of anilines is 1. The lowest BCUT2D eigenvalue weighted by atomic mass is 10.1.